The van der Waals surface area contributed by atoms with E-state index in [4.69, 9.17) is 0 Å². The van der Waals surface area contributed by atoms with Gasteiger partial charge in [0.25, 0.3) is 0 Å². The molecule has 25 heavy (non-hydrogen) atoms. The first-order chi connectivity index (χ1) is 11.8. The van der Waals surface area contributed by atoms with E-state index in [0.29, 0.717) is 31.8 Å². The molecule has 1 aliphatic heterocycles. The van der Waals surface area contributed by atoms with Gasteiger partial charge in [-0.05, 0) is 30.7 Å². The predicted octanol–water partition coefficient (Wildman–Crippen LogP) is 2.47. The average molecular weight is 348 g/mol. The zero-order valence-corrected chi connectivity index (χ0v) is 14.9. The third-order valence-corrected chi connectivity index (χ3v) is 4.95. The van der Waals surface area contributed by atoms with E-state index in [1.807, 2.05) is 44.2 Å². The van der Waals surface area contributed by atoms with E-state index in [0.717, 1.165) is 5.56 Å². The van der Waals surface area contributed by atoms with Crippen LogP contribution in [0.5, 0.6) is 0 Å². The second-order valence-electron chi connectivity index (χ2n) is 7.26. The Morgan fingerprint density at radius 3 is 2.60 bits per heavy atom. The Bertz CT molecular complexity index is 590. The van der Waals surface area contributed by atoms with Gasteiger partial charge in [-0.2, -0.15) is 0 Å². The maximum absolute atomic E-state index is 12.5. The van der Waals surface area contributed by atoms with Gasteiger partial charge in [-0.3, -0.25) is 4.79 Å². The number of urea groups is 1. The molecule has 2 rings (SSSR count). The van der Waals surface area contributed by atoms with Gasteiger partial charge in [0.2, 0.25) is 0 Å². The van der Waals surface area contributed by atoms with E-state index in [1.165, 1.54) is 4.90 Å². The number of carbonyl (C=O) groups excluding carboxylic acids is 1. The summed E-state index contributed by atoms with van der Waals surface area (Å²) in [4.78, 5) is 25.9. The molecular weight excluding hydrogens is 320 g/mol. The minimum atomic E-state index is -1.29. The van der Waals surface area contributed by atoms with Crippen molar-refractivity contribution in [1.82, 2.24) is 10.2 Å². The largest absolute Gasteiger partial charge is 0.481 e. The fourth-order valence-electron chi connectivity index (χ4n) is 3.25. The van der Waals surface area contributed by atoms with Crippen LogP contribution < -0.4 is 5.32 Å². The van der Waals surface area contributed by atoms with E-state index in [9.17, 15) is 19.8 Å². The van der Waals surface area contributed by atoms with Crippen molar-refractivity contribution >= 4 is 12.0 Å². The van der Waals surface area contributed by atoms with Gasteiger partial charge < -0.3 is 20.4 Å². The van der Waals surface area contributed by atoms with Crippen LogP contribution >= 0.6 is 0 Å². The Kier molecular flexibility index (Phi) is 6.42. The summed E-state index contributed by atoms with van der Waals surface area (Å²) in [6.45, 7) is 4.84. The summed E-state index contributed by atoms with van der Waals surface area (Å²) in [5, 5.41) is 23.0. The number of carboxylic acids is 1. The molecule has 1 fully saturated rings. The van der Waals surface area contributed by atoms with E-state index < -0.39 is 17.5 Å². The molecule has 2 atom stereocenters. The van der Waals surface area contributed by atoms with Crippen molar-refractivity contribution in [1.29, 1.82) is 0 Å². The van der Waals surface area contributed by atoms with Gasteiger partial charge in [-0.1, -0.05) is 44.2 Å². The number of carboxylic acid groups (broad SMARTS) is 1. The van der Waals surface area contributed by atoms with Gasteiger partial charge >= 0.3 is 12.0 Å². The van der Waals surface area contributed by atoms with E-state index in [1.54, 1.807) is 0 Å². The Morgan fingerprint density at radius 2 is 2.00 bits per heavy atom. The molecule has 6 nitrogen and oxygen atoms in total. The topological polar surface area (TPSA) is 89.9 Å². The summed E-state index contributed by atoms with van der Waals surface area (Å²) in [6, 6.07) is 9.27. The van der Waals surface area contributed by atoms with Gasteiger partial charge in [0.05, 0.1) is 6.10 Å². The molecule has 0 spiro atoms. The molecule has 0 radical (unpaired) electrons. The number of nitrogens with one attached hydrogen (secondary N) is 1. The summed E-state index contributed by atoms with van der Waals surface area (Å²) >= 11 is 0. The van der Waals surface area contributed by atoms with E-state index in [-0.39, 0.29) is 19.0 Å². The number of aliphatic carboxylic acids is 1. The van der Waals surface area contributed by atoms with Crippen LogP contribution in [-0.2, 0) is 11.3 Å². The highest BCUT2D eigenvalue weighted by atomic mass is 16.4. The minimum absolute atomic E-state index is 0.0385. The normalized spacial score (nSPS) is 23.5. The van der Waals surface area contributed by atoms with Crippen LogP contribution in [-0.4, -0.2) is 46.3 Å². The van der Waals surface area contributed by atoms with Crippen LogP contribution in [0.1, 0.15) is 38.7 Å². The van der Waals surface area contributed by atoms with Crippen LogP contribution in [0.15, 0.2) is 30.3 Å². The van der Waals surface area contributed by atoms with Crippen molar-refractivity contribution in [2.75, 3.05) is 13.1 Å². The Morgan fingerprint density at radius 1 is 1.32 bits per heavy atom. The number of aliphatic hydroxyl groups is 1. The number of amides is 2. The number of benzene rings is 1. The van der Waals surface area contributed by atoms with Gasteiger partial charge in [0.1, 0.15) is 5.41 Å². The highest BCUT2D eigenvalue weighted by Gasteiger charge is 2.49. The smallest absolute Gasteiger partial charge is 0.317 e. The quantitative estimate of drug-likeness (QED) is 0.737. The van der Waals surface area contributed by atoms with Gasteiger partial charge in [0.15, 0.2) is 0 Å². The summed E-state index contributed by atoms with van der Waals surface area (Å²) in [7, 11) is 0. The molecule has 0 unspecified atom stereocenters. The van der Waals surface area contributed by atoms with E-state index in [2.05, 4.69) is 5.32 Å². The second-order valence-corrected chi connectivity index (χ2v) is 7.26. The number of carbonyl (C=O) groups is 2. The van der Waals surface area contributed by atoms with Crippen LogP contribution in [0.4, 0.5) is 4.79 Å². The molecule has 0 aliphatic carbocycles. The monoisotopic (exact) mass is 348 g/mol. The number of piperidine rings is 1. The second kappa shape index (κ2) is 8.34. The lowest BCUT2D eigenvalue weighted by molar-refractivity contribution is -0.163. The standard InChI is InChI=1S/C19H28N2O4/c1-14(2)8-10-19(17(23)24)13-21(11-9-16(19)22)18(25)20-12-15-6-4-3-5-7-15/h3-7,14,16,22H,8-13H2,1-2H3,(H,20,25)(H,23,24)/t16-,19-/m1/s1. The van der Waals surface area contributed by atoms with Gasteiger partial charge in [-0.15, -0.1) is 0 Å². The number of hydrogen-bond acceptors (Lipinski definition) is 3. The van der Waals surface area contributed by atoms with Crippen LogP contribution in [0.2, 0.25) is 0 Å². The molecule has 2 amide bonds. The maximum atomic E-state index is 12.5. The van der Waals surface area contributed by atoms with E-state index >= 15 is 0 Å². The SMILES string of the molecule is CC(C)CC[C@@]1(C(=O)O)CN(C(=O)NCc2ccccc2)CC[C@H]1O. The molecule has 1 aliphatic rings. The average Bonchev–Trinajstić information content (AvgIpc) is 2.59. The molecule has 1 aromatic carbocycles. The predicted molar refractivity (Wildman–Crippen MR) is 95.0 cm³/mol. The molecular formula is C19H28N2O4. The highest BCUT2D eigenvalue weighted by molar-refractivity contribution is 5.79. The zero-order chi connectivity index (χ0) is 18.4. The fourth-order valence-corrected chi connectivity index (χ4v) is 3.25. The fraction of sp³-hybridized carbons (Fsp3) is 0.579. The molecule has 0 bridgehead atoms. The molecule has 1 aromatic rings. The lowest BCUT2D eigenvalue weighted by atomic mass is 9.73. The van der Waals surface area contributed by atoms with Gasteiger partial charge in [0, 0.05) is 19.6 Å². The van der Waals surface area contributed by atoms with Crippen molar-refractivity contribution in [3.63, 3.8) is 0 Å². The van der Waals surface area contributed by atoms with Crippen LogP contribution in [0.3, 0.4) is 0 Å². The molecule has 6 heteroatoms. The number of rotatable bonds is 6. The van der Waals surface area contributed by atoms with Crippen molar-refractivity contribution < 1.29 is 19.8 Å². The third-order valence-electron chi connectivity index (χ3n) is 4.95. The highest BCUT2D eigenvalue weighted by Crippen LogP contribution is 2.36. The molecule has 3 N–H and O–H groups in total. The zero-order valence-electron chi connectivity index (χ0n) is 14.9. The lowest BCUT2D eigenvalue weighted by Crippen LogP contribution is -2.58. The van der Waals surface area contributed by atoms with Crippen molar-refractivity contribution in [3.05, 3.63) is 35.9 Å². The van der Waals surface area contributed by atoms with Crippen LogP contribution in [0.25, 0.3) is 0 Å². The van der Waals surface area contributed by atoms with Crippen molar-refractivity contribution in [2.45, 2.75) is 45.8 Å². The number of hydrogen-bond donors (Lipinski definition) is 3. The molecule has 138 valence electrons. The third kappa shape index (κ3) is 4.72. The first-order valence-corrected chi connectivity index (χ1v) is 8.83. The Hall–Kier alpha value is -2.08. The molecule has 0 aromatic heterocycles. The maximum Gasteiger partial charge on any atom is 0.317 e. The number of aliphatic hydroxyl groups excluding tert-OH is 1. The molecule has 0 saturated carbocycles. The minimum Gasteiger partial charge on any atom is -0.481 e. The van der Waals surface area contributed by atoms with Crippen molar-refractivity contribution in [2.24, 2.45) is 11.3 Å². The summed E-state index contributed by atoms with van der Waals surface area (Å²) in [6.07, 6.45) is 0.414. The first kappa shape index (κ1) is 19.2. The van der Waals surface area contributed by atoms with Crippen LogP contribution in [0, 0.1) is 11.3 Å². The summed E-state index contributed by atoms with van der Waals surface area (Å²) in [5.74, 6) is -0.688. The lowest BCUT2D eigenvalue weighted by Gasteiger charge is -2.43. The summed E-state index contributed by atoms with van der Waals surface area (Å²) in [5.41, 5.74) is -0.302. The number of likely N-dealkylation sites (tertiary alicyclic amines) is 1. The summed E-state index contributed by atoms with van der Waals surface area (Å²) < 4.78 is 0. The number of nitrogens with zero attached hydrogens (tertiary/aromatic N) is 1. The Labute approximate surface area is 148 Å². The first-order valence-electron chi connectivity index (χ1n) is 8.83. The molecule has 1 saturated heterocycles. The van der Waals surface area contributed by atoms with Crippen molar-refractivity contribution in [3.8, 4) is 0 Å². The molecule has 1 heterocycles. The Balaban J connectivity index is 2.03. The van der Waals surface area contributed by atoms with Gasteiger partial charge in [-0.25, -0.2) is 4.79 Å².